The minimum Gasteiger partial charge on any atom is -0.507 e. The van der Waals surface area contributed by atoms with Crippen LogP contribution in [0.25, 0.3) is 0 Å². The van der Waals surface area contributed by atoms with Crippen molar-refractivity contribution < 1.29 is 24.5 Å². The Morgan fingerprint density at radius 3 is 1.51 bits per heavy atom. The van der Waals surface area contributed by atoms with E-state index in [9.17, 15) is 14.7 Å². The maximum atomic E-state index is 12.2. The van der Waals surface area contributed by atoms with Gasteiger partial charge in [-0.05, 0) is 59.4 Å². The van der Waals surface area contributed by atoms with Gasteiger partial charge in [-0.3, -0.25) is 9.59 Å². The van der Waals surface area contributed by atoms with Gasteiger partial charge in [-0.25, -0.2) is 0 Å². The number of carboxylic acids is 1. The van der Waals surface area contributed by atoms with Crippen LogP contribution in [-0.2, 0) is 25.8 Å². The Kier molecular flexibility index (Phi) is 16.5. The smallest absolute Gasteiger partial charge is 0.311 e. The average Bonchev–Trinajstić information content (AvgIpc) is 2.83. The Bertz CT molecular complexity index is 1140. The van der Waals surface area contributed by atoms with E-state index in [0.717, 1.165) is 32.4 Å². The molecule has 244 valence electrons. The molecule has 1 atom stereocenters. The molecule has 0 aromatic heterocycles. The number of thioether (sulfide) groups is 2. The molecule has 0 fully saturated rings. The van der Waals surface area contributed by atoms with Crippen LogP contribution in [0.1, 0.15) is 133 Å². The maximum Gasteiger partial charge on any atom is 0.311 e. The number of carboxylic acid groups (broad SMARTS) is 1. The molecule has 0 saturated heterocycles. The fourth-order valence-corrected chi connectivity index (χ4v) is 6.20. The van der Waals surface area contributed by atoms with Crippen molar-refractivity contribution in [3.63, 3.8) is 0 Å². The van der Waals surface area contributed by atoms with Crippen molar-refractivity contribution in [3.05, 3.63) is 47.0 Å². The van der Waals surface area contributed by atoms with Gasteiger partial charge in [0.05, 0.1) is 17.4 Å². The number of benzene rings is 2. The van der Waals surface area contributed by atoms with Gasteiger partial charge in [-0.2, -0.15) is 0 Å². The summed E-state index contributed by atoms with van der Waals surface area (Å²) in [7, 11) is 0. The number of phenolic OH excluding ortho intramolecular Hbond substituents is 1. The van der Waals surface area contributed by atoms with Crippen LogP contribution in [-0.4, -0.2) is 26.7 Å². The molecule has 2 N–H and O–H groups in total. The average molecular weight is 635 g/mol. The molecule has 0 heterocycles. The summed E-state index contributed by atoms with van der Waals surface area (Å²) in [6, 6.07) is 10.0. The van der Waals surface area contributed by atoms with Gasteiger partial charge in [0.2, 0.25) is 0 Å². The fraction of sp³-hybridized carbons (Fsp3) is 0.611. The maximum absolute atomic E-state index is 12.2. The van der Waals surface area contributed by atoms with Crippen molar-refractivity contribution in [1.29, 1.82) is 0 Å². The number of rotatable bonds is 8. The van der Waals surface area contributed by atoms with Crippen LogP contribution in [0.4, 0.5) is 0 Å². The molecule has 0 bridgehead atoms. The topological polar surface area (TPSA) is 83.8 Å². The van der Waals surface area contributed by atoms with Crippen molar-refractivity contribution in [3.8, 4) is 11.5 Å². The van der Waals surface area contributed by atoms with E-state index in [4.69, 9.17) is 9.84 Å². The summed E-state index contributed by atoms with van der Waals surface area (Å²) in [6.45, 7) is 31.5. The first-order chi connectivity index (χ1) is 19.5. The third-order valence-corrected chi connectivity index (χ3v) is 8.10. The Hall–Kier alpha value is -2.12. The molecule has 0 saturated carbocycles. The van der Waals surface area contributed by atoms with E-state index in [-0.39, 0.29) is 33.7 Å². The lowest BCUT2D eigenvalue weighted by Gasteiger charge is -2.28. The van der Waals surface area contributed by atoms with E-state index in [0.29, 0.717) is 11.5 Å². The van der Waals surface area contributed by atoms with Gasteiger partial charge >= 0.3 is 11.9 Å². The lowest BCUT2D eigenvalue weighted by Crippen LogP contribution is -2.17. The lowest BCUT2D eigenvalue weighted by atomic mass is 9.79. The van der Waals surface area contributed by atoms with Gasteiger partial charge in [0.25, 0.3) is 0 Å². The Morgan fingerprint density at radius 2 is 1.12 bits per heavy atom. The first-order valence-electron chi connectivity index (χ1n) is 15.3. The molecule has 5 nitrogen and oxygen atoms in total. The molecular weight excluding hydrogens is 577 g/mol. The summed E-state index contributed by atoms with van der Waals surface area (Å²) < 4.78 is 5.72. The number of ether oxygens (including phenoxy) is 1. The van der Waals surface area contributed by atoms with E-state index in [1.807, 2.05) is 19.9 Å². The number of hydrogen-bond donors (Lipinski definition) is 2. The van der Waals surface area contributed by atoms with E-state index in [1.165, 1.54) is 0 Å². The summed E-state index contributed by atoms with van der Waals surface area (Å²) in [6.07, 6.45) is -0.416. The summed E-state index contributed by atoms with van der Waals surface area (Å²) >= 11 is 3.48. The van der Waals surface area contributed by atoms with Crippen LogP contribution in [0.15, 0.2) is 40.1 Å². The quantitative estimate of drug-likeness (QED) is 0.129. The third-order valence-electron chi connectivity index (χ3n) is 5.83. The lowest BCUT2D eigenvalue weighted by molar-refractivity contribution is -0.142. The molecule has 0 aliphatic rings. The second-order valence-corrected chi connectivity index (χ2v) is 17.3. The number of esters is 1. The van der Waals surface area contributed by atoms with E-state index < -0.39 is 11.9 Å². The SMILES string of the molecule is CC.CC(C)C.CC(Sc1ccc(OC(=O)CCC(=O)O)c(C(C)(C)C)c1)Sc1cc(C(C)(C)C)c(O)c(C(C)(C)C)c1. The number of aliphatic carboxylic acids is 1. The minimum atomic E-state index is -1.02. The largest absolute Gasteiger partial charge is 0.507 e. The highest BCUT2D eigenvalue weighted by molar-refractivity contribution is 8.17. The molecule has 7 heteroatoms. The molecule has 2 aromatic rings. The highest BCUT2D eigenvalue weighted by atomic mass is 32.2. The number of carbonyl (C=O) groups is 2. The molecule has 1 unspecified atom stereocenters. The zero-order valence-electron chi connectivity index (χ0n) is 29.4. The summed E-state index contributed by atoms with van der Waals surface area (Å²) in [5.74, 6) is 0.113. The van der Waals surface area contributed by atoms with Crippen LogP contribution < -0.4 is 4.74 Å². The van der Waals surface area contributed by atoms with Gasteiger partial charge in [0, 0.05) is 26.5 Å². The van der Waals surface area contributed by atoms with Crippen molar-refractivity contribution in [2.45, 2.75) is 147 Å². The van der Waals surface area contributed by atoms with Gasteiger partial charge in [-0.1, -0.05) is 96.9 Å². The van der Waals surface area contributed by atoms with Crippen molar-refractivity contribution in [2.24, 2.45) is 5.92 Å². The predicted octanol–water partition coefficient (Wildman–Crippen LogP) is 11.0. The van der Waals surface area contributed by atoms with E-state index >= 15 is 0 Å². The first-order valence-corrected chi connectivity index (χ1v) is 17.1. The molecule has 2 aromatic carbocycles. The molecule has 43 heavy (non-hydrogen) atoms. The third kappa shape index (κ3) is 14.9. The normalized spacial score (nSPS) is 12.5. The molecular formula is C36H58O5S2. The predicted molar refractivity (Wildman–Crippen MR) is 186 cm³/mol. The summed E-state index contributed by atoms with van der Waals surface area (Å²) in [4.78, 5) is 25.1. The van der Waals surface area contributed by atoms with Gasteiger partial charge in [0.1, 0.15) is 11.5 Å². The van der Waals surface area contributed by atoms with Gasteiger partial charge in [-0.15, -0.1) is 23.5 Å². The monoisotopic (exact) mass is 634 g/mol. The van der Waals surface area contributed by atoms with Crippen LogP contribution in [0, 0.1) is 5.92 Å². The molecule has 0 aliphatic heterocycles. The molecule has 0 spiro atoms. The van der Waals surface area contributed by atoms with Crippen molar-refractivity contribution >= 4 is 35.5 Å². The van der Waals surface area contributed by atoms with Crippen LogP contribution in [0.5, 0.6) is 11.5 Å². The Balaban J connectivity index is 0.00000270. The number of hydrogen-bond acceptors (Lipinski definition) is 6. The highest BCUT2D eigenvalue weighted by Gasteiger charge is 2.27. The zero-order chi connectivity index (χ0) is 33.9. The molecule has 0 radical (unpaired) electrons. The van der Waals surface area contributed by atoms with Crippen molar-refractivity contribution in [2.75, 3.05) is 0 Å². The second-order valence-electron chi connectivity index (χ2n) is 14.2. The highest BCUT2D eigenvalue weighted by Crippen LogP contribution is 2.45. The second kappa shape index (κ2) is 17.4. The number of phenols is 1. The van der Waals surface area contributed by atoms with Crippen molar-refractivity contribution in [1.82, 2.24) is 0 Å². The molecule has 0 amide bonds. The molecule has 2 rings (SSSR count). The first kappa shape index (κ1) is 40.9. The number of aromatic hydroxyl groups is 1. The van der Waals surface area contributed by atoms with Gasteiger partial charge < -0.3 is 14.9 Å². The summed E-state index contributed by atoms with van der Waals surface area (Å²) in [5.41, 5.74) is 2.16. The Morgan fingerprint density at radius 1 is 0.721 bits per heavy atom. The minimum absolute atomic E-state index is 0.164. The standard InChI is InChI=1S/C30H42O5S2.C4H10.C2H6/c1-18(37-20-16-22(29(5,6)7)27(34)23(17-20)30(8,9)10)36-19-11-12-24(21(15-19)28(2,3)4)35-26(33)14-13-25(31)32;1-4(2)3;1-2/h11-12,15-18,34H,13-14H2,1-10H3,(H,31,32);4H,1-3H3;1-2H3. The summed E-state index contributed by atoms with van der Waals surface area (Å²) in [5, 5.41) is 19.9. The Labute approximate surface area is 271 Å². The van der Waals surface area contributed by atoms with E-state index in [2.05, 4.69) is 108 Å². The van der Waals surface area contributed by atoms with E-state index in [1.54, 1.807) is 29.6 Å². The van der Waals surface area contributed by atoms with Crippen LogP contribution in [0.3, 0.4) is 0 Å². The number of carbonyl (C=O) groups excluding carboxylic acids is 1. The zero-order valence-corrected chi connectivity index (χ0v) is 31.0. The molecule has 0 aliphatic carbocycles. The van der Waals surface area contributed by atoms with Crippen LogP contribution >= 0.6 is 23.5 Å². The van der Waals surface area contributed by atoms with Crippen LogP contribution in [0.2, 0.25) is 0 Å². The van der Waals surface area contributed by atoms with Gasteiger partial charge in [0.15, 0.2) is 0 Å². The fourth-order valence-electron chi connectivity index (χ4n) is 3.87.